The summed E-state index contributed by atoms with van der Waals surface area (Å²) in [5, 5.41) is 2.78. The number of benzene rings is 2. The van der Waals surface area contributed by atoms with Gasteiger partial charge in [-0.25, -0.2) is 0 Å². The lowest BCUT2D eigenvalue weighted by molar-refractivity contribution is -0.110. The maximum Gasteiger partial charge on any atom is 0.256 e. The Bertz CT molecular complexity index is 831. The number of fused-ring (bicyclic) bond motifs is 1. The van der Waals surface area contributed by atoms with Crippen LogP contribution >= 0.6 is 0 Å². The Kier molecular flexibility index (Phi) is 3.65. The van der Waals surface area contributed by atoms with Gasteiger partial charge >= 0.3 is 0 Å². The lowest BCUT2D eigenvalue weighted by Crippen LogP contribution is -2.17. The zero-order chi connectivity index (χ0) is 16.5. The fourth-order valence-corrected chi connectivity index (χ4v) is 3.31. The summed E-state index contributed by atoms with van der Waals surface area (Å²) in [7, 11) is 0. The largest absolute Gasteiger partial charge is 0.372 e. The van der Waals surface area contributed by atoms with E-state index in [1.165, 1.54) is 18.9 Å². The fourth-order valence-electron chi connectivity index (χ4n) is 3.31. The van der Waals surface area contributed by atoms with Crippen LogP contribution < -0.4 is 10.2 Å². The Morgan fingerprint density at radius 1 is 1.00 bits per heavy atom. The Morgan fingerprint density at radius 3 is 2.46 bits per heavy atom. The van der Waals surface area contributed by atoms with Crippen LogP contribution in [0.4, 0.5) is 11.4 Å². The first-order chi connectivity index (χ1) is 11.7. The van der Waals surface area contributed by atoms with Crippen molar-refractivity contribution in [1.29, 1.82) is 0 Å². The van der Waals surface area contributed by atoms with E-state index in [2.05, 4.69) is 10.2 Å². The summed E-state index contributed by atoms with van der Waals surface area (Å²) < 4.78 is 0. The Labute approximate surface area is 140 Å². The first kappa shape index (κ1) is 14.7. The third kappa shape index (κ3) is 2.60. The van der Waals surface area contributed by atoms with Gasteiger partial charge in [-0.3, -0.25) is 9.59 Å². The second kappa shape index (κ2) is 5.96. The van der Waals surface area contributed by atoms with Gasteiger partial charge in [-0.1, -0.05) is 18.2 Å². The van der Waals surface area contributed by atoms with E-state index < -0.39 is 0 Å². The molecule has 24 heavy (non-hydrogen) atoms. The molecule has 2 aromatic rings. The molecule has 1 amide bonds. The summed E-state index contributed by atoms with van der Waals surface area (Å²) in [6.45, 7) is 2.16. The van der Waals surface area contributed by atoms with Gasteiger partial charge in [0.25, 0.3) is 5.91 Å². The van der Waals surface area contributed by atoms with Crippen molar-refractivity contribution in [3.8, 4) is 0 Å². The van der Waals surface area contributed by atoms with Gasteiger partial charge in [0.1, 0.15) is 0 Å². The molecule has 1 fully saturated rings. The highest BCUT2D eigenvalue weighted by atomic mass is 16.2. The predicted molar refractivity (Wildman–Crippen MR) is 95.3 cm³/mol. The molecule has 1 saturated heterocycles. The summed E-state index contributed by atoms with van der Waals surface area (Å²) >= 11 is 0. The van der Waals surface area contributed by atoms with Crippen LogP contribution in [0, 0.1) is 0 Å². The van der Waals surface area contributed by atoms with Crippen LogP contribution in [0.3, 0.4) is 0 Å². The van der Waals surface area contributed by atoms with Gasteiger partial charge in [-0.15, -0.1) is 0 Å². The maximum atomic E-state index is 12.5. The number of carbonyl (C=O) groups is 2. The van der Waals surface area contributed by atoms with Crippen molar-refractivity contribution in [1.82, 2.24) is 0 Å². The molecule has 0 unspecified atom stereocenters. The monoisotopic (exact) mass is 318 g/mol. The first-order valence-electron chi connectivity index (χ1n) is 8.24. The van der Waals surface area contributed by atoms with Crippen molar-refractivity contribution in [2.24, 2.45) is 0 Å². The van der Waals surface area contributed by atoms with Crippen molar-refractivity contribution in [3.63, 3.8) is 0 Å². The fraction of sp³-hybridized carbons (Fsp3) is 0.200. The molecule has 0 aliphatic carbocycles. The second-order valence-electron chi connectivity index (χ2n) is 6.16. The van der Waals surface area contributed by atoms with Gasteiger partial charge in [-0.2, -0.15) is 0 Å². The van der Waals surface area contributed by atoms with Crippen LogP contribution in [0.25, 0.3) is 5.57 Å². The van der Waals surface area contributed by atoms with E-state index in [-0.39, 0.29) is 11.7 Å². The number of carbonyl (C=O) groups excluding carboxylic acids is 2. The Balaban J connectivity index is 1.59. The minimum Gasteiger partial charge on any atom is -0.372 e. The third-order valence-corrected chi connectivity index (χ3v) is 4.61. The number of hydrogen-bond acceptors (Lipinski definition) is 3. The lowest BCUT2D eigenvalue weighted by Gasteiger charge is -2.17. The zero-order valence-corrected chi connectivity index (χ0v) is 13.3. The van der Waals surface area contributed by atoms with Gasteiger partial charge in [-0.05, 0) is 49.2 Å². The number of ketones is 1. The number of allylic oxidation sites excluding steroid dienone is 1. The summed E-state index contributed by atoms with van der Waals surface area (Å²) in [5.74, 6) is -0.372. The van der Waals surface area contributed by atoms with Crippen LogP contribution in [0.1, 0.15) is 28.8 Å². The number of nitrogens with zero attached hydrogens (tertiary/aromatic N) is 1. The molecule has 2 aliphatic rings. The molecular formula is C20H18N2O2. The number of rotatable bonds is 3. The average Bonchev–Trinajstić information content (AvgIpc) is 3.24. The zero-order valence-electron chi connectivity index (χ0n) is 13.3. The van der Waals surface area contributed by atoms with Crippen LogP contribution in [0.5, 0.6) is 0 Å². The van der Waals surface area contributed by atoms with Crippen LogP contribution in [-0.4, -0.2) is 24.8 Å². The van der Waals surface area contributed by atoms with Crippen molar-refractivity contribution < 1.29 is 9.59 Å². The molecule has 2 aliphatic heterocycles. The van der Waals surface area contributed by atoms with Crippen LogP contribution in [-0.2, 0) is 4.79 Å². The first-order valence-corrected chi connectivity index (χ1v) is 8.24. The molecule has 0 bridgehead atoms. The molecule has 2 heterocycles. The average molecular weight is 318 g/mol. The summed E-state index contributed by atoms with van der Waals surface area (Å²) in [4.78, 5) is 26.9. The van der Waals surface area contributed by atoms with Gasteiger partial charge in [0.15, 0.2) is 5.78 Å². The quantitative estimate of drug-likeness (QED) is 0.696. The van der Waals surface area contributed by atoms with Crippen LogP contribution in [0.15, 0.2) is 54.6 Å². The molecule has 0 atom stereocenters. The predicted octanol–water partition coefficient (Wildman–Crippen LogP) is 3.51. The Morgan fingerprint density at radius 2 is 1.71 bits per heavy atom. The third-order valence-electron chi connectivity index (χ3n) is 4.61. The van der Waals surface area contributed by atoms with Crippen molar-refractivity contribution >= 4 is 28.6 Å². The molecule has 0 aromatic heterocycles. The molecule has 4 rings (SSSR count). The number of para-hydroxylation sites is 1. The van der Waals surface area contributed by atoms with Crippen molar-refractivity contribution in [2.45, 2.75) is 12.8 Å². The van der Waals surface area contributed by atoms with Crippen LogP contribution in [0.2, 0.25) is 0 Å². The lowest BCUT2D eigenvalue weighted by atomic mass is 10.0. The number of amides is 1. The summed E-state index contributed by atoms with van der Waals surface area (Å²) in [5.41, 5.74) is 3.72. The smallest absolute Gasteiger partial charge is 0.256 e. The molecule has 0 saturated carbocycles. The van der Waals surface area contributed by atoms with Gasteiger partial charge in [0.05, 0.1) is 5.57 Å². The highest BCUT2D eigenvalue weighted by Gasteiger charge is 2.24. The van der Waals surface area contributed by atoms with E-state index in [0.717, 1.165) is 30.0 Å². The molecule has 0 spiro atoms. The summed E-state index contributed by atoms with van der Waals surface area (Å²) in [6.07, 6.45) is 3.88. The SMILES string of the molecule is O=C1Nc2ccccc2/C1=C/C(=O)c1ccc(N2CCCC2)cc1. The Hall–Kier alpha value is -2.88. The topological polar surface area (TPSA) is 49.4 Å². The van der Waals surface area contributed by atoms with Crippen molar-refractivity contribution in [2.75, 3.05) is 23.3 Å². The number of hydrogen-bond donors (Lipinski definition) is 1. The van der Waals surface area contributed by atoms with E-state index >= 15 is 0 Å². The summed E-state index contributed by atoms with van der Waals surface area (Å²) in [6, 6.07) is 15.1. The van der Waals surface area contributed by atoms with Crippen molar-refractivity contribution in [3.05, 3.63) is 65.7 Å². The van der Waals surface area contributed by atoms with E-state index in [1.54, 1.807) is 0 Å². The minimum absolute atomic E-state index is 0.148. The van der Waals surface area contributed by atoms with E-state index in [4.69, 9.17) is 0 Å². The molecular weight excluding hydrogens is 300 g/mol. The highest BCUT2D eigenvalue weighted by Crippen LogP contribution is 2.31. The molecule has 4 heteroatoms. The number of nitrogens with one attached hydrogen (secondary N) is 1. The highest BCUT2D eigenvalue weighted by molar-refractivity contribution is 6.35. The maximum absolute atomic E-state index is 12.5. The van der Waals surface area contributed by atoms with E-state index in [0.29, 0.717) is 11.1 Å². The van der Waals surface area contributed by atoms with Gasteiger partial charge in [0.2, 0.25) is 0 Å². The van der Waals surface area contributed by atoms with Gasteiger partial charge in [0, 0.05) is 35.6 Å². The molecule has 4 nitrogen and oxygen atoms in total. The number of anilines is 2. The minimum atomic E-state index is -0.224. The molecule has 1 N–H and O–H groups in total. The normalized spacial score (nSPS) is 17.9. The van der Waals surface area contributed by atoms with E-state index in [9.17, 15) is 9.59 Å². The standard InChI is InChI=1S/C20H18N2O2/c23-19(13-17-16-5-1-2-6-18(16)21-20(17)24)14-7-9-15(10-8-14)22-11-3-4-12-22/h1-2,5-10,13H,3-4,11-12H2,(H,21,24)/b17-13-. The second-order valence-corrected chi connectivity index (χ2v) is 6.16. The van der Waals surface area contributed by atoms with Gasteiger partial charge < -0.3 is 10.2 Å². The molecule has 2 aromatic carbocycles. The molecule has 0 radical (unpaired) electrons. The van der Waals surface area contributed by atoms with E-state index in [1.807, 2.05) is 48.5 Å². The molecule has 120 valence electrons.